The van der Waals surface area contributed by atoms with E-state index in [0.29, 0.717) is 6.07 Å². The molecule has 0 N–H and O–H groups in total. The zero-order valence-corrected chi connectivity index (χ0v) is 10.7. The number of halogens is 2. The first-order chi connectivity index (χ1) is 9.51. The maximum atomic E-state index is 13.1. The number of nitrogens with zero attached hydrogens (tertiary/aromatic N) is 2. The number of para-hydroxylation sites is 1. The van der Waals surface area contributed by atoms with E-state index in [2.05, 4.69) is 0 Å². The first kappa shape index (κ1) is 14.0. The molecule has 20 heavy (non-hydrogen) atoms. The number of hydrogen-bond donors (Lipinski definition) is 0. The van der Waals surface area contributed by atoms with Gasteiger partial charge in [0.2, 0.25) is 0 Å². The van der Waals surface area contributed by atoms with Crippen molar-refractivity contribution in [2.24, 2.45) is 0 Å². The fourth-order valence-electron chi connectivity index (χ4n) is 1.60. The molecule has 0 unspecified atom stereocenters. The van der Waals surface area contributed by atoms with E-state index in [9.17, 15) is 18.9 Å². The van der Waals surface area contributed by atoms with Crippen molar-refractivity contribution in [1.82, 2.24) is 0 Å². The molecular weight excluding hydrogens is 286 g/mol. The summed E-state index contributed by atoms with van der Waals surface area (Å²) in [6, 6.07) is 8.78. The van der Waals surface area contributed by atoms with Crippen molar-refractivity contribution in [1.29, 1.82) is 5.26 Å². The normalized spacial score (nSPS) is 10.1. The highest BCUT2D eigenvalue weighted by atomic mass is 32.2. The quantitative estimate of drug-likeness (QED) is 0.635. The third-order valence-electron chi connectivity index (χ3n) is 2.37. The lowest BCUT2D eigenvalue weighted by Crippen LogP contribution is -1.94. The van der Waals surface area contributed by atoms with Gasteiger partial charge in [0.1, 0.15) is 23.3 Å². The third kappa shape index (κ3) is 2.92. The molecule has 0 atom stereocenters. The molecular formula is C13H6F2N2O2S. The van der Waals surface area contributed by atoms with Crippen LogP contribution in [0.25, 0.3) is 0 Å². The summed E-state index contributed by atoms with van der Waals surface area (Å²) >= 11 is 0.828. The summed E-state index contributed by atoms with van der Waals surface area (Å²) in [5.74, 6) is -1.54. The van der Waals surface area contributed by atoms with Crippen LogP contribution in [-0.2, 0) is 0 Å². The molecule has 0 amide bonds. The Hall–Kier alpha value is -2.46. The molecule has 0 bridgehead atoms. The van der Waals surface area contributed by atoms with Crippen molar-refractivity contribution in [2.45, 2.75) is 9.79 Å². The summed E-state index contributed by atoms with van der Waals surface area (Å²) in [5.41, 5.74) is -0.471. The lowest BCUT2D eigenvalue weighted by atomic mass is 10.2. The smallest absolute Gasteiger partial charge is 0.258 e. The zero-order chi connectivity index (χ0) is 14.7. The van der Waals surface area contributed by atoms with Crippen LogP contribution in [-0.4, -0.2) is 4.92 Å². The van der Waals surface area contributed by atoms with Crippen LogP contribution in [0.1, 0.15) is 5.56 Å². The van der Waals surface area contributed by atoms with Crippen LogP contribution in [0.5, 0.6) is 0 Å². The molecule has 0 radical (unpaired) electrons. The van der Waals surface area contributed by atoms with Gasteiger partial charge in [-0.25, -0.2) is 8.78 Å². The average Bonchev–Trinajstić information content (AvgIpc) is 2.36. The summed E-state index contributed by atoms with van der Waals surface area (Å²) in [4.78, 5) is 10.7. The second kappa shape index (κ2) is 5.67. The number of benzene rings is 2. The zero-order valence-electron chi connectivity index (χ0n) is 9.84. The Bertz CT molecular complexity index is 709. The van der Waals surface area contributed by atoms with Gasteiger partial charge in [-0.05, 0) is 24.3 Å². The Labute approximate surface area is 116 Å². The Balaban J connectivity index is 2.49. The van der Waals surface area contributed by atoms with Crippen LogP contribution in [0.4, 0.5) is 14.5 Å². The number of rotatable bonds is 3. The van der Waals surface area contributed by atoms with Crippen LogP contribution in [0, 0.1) is 33.1 Å². The van der Waals surface area contributed by atoms with Gasteiger partial charge >= 0.3 is 5.69 Å². The maximum absolute atomic E-state index is 13.1. The van der Waals surface area contributed by atoms with E-state index in [1.165, 1.54) is 18.2 Å². The molecule has 0 aliphatic rings. The Morgan fingerprint density at radius 3 is 2.40 bits per heavy atom. The second-order valence-electron chi connectivity index (χ2n) is 3.73. The molecule has 0 fully saturated rings. The summed E-state index contributed by atoms with van der Waals surface area (Å²) in [5, 5.41) is 19.9. The van der Waals surface area contributed by atoms with E-state index < -0.39 is 16.6 Å². The van der Waals surface area contributed by atoms with Crippen molar-refractivity contribution in [3.63, 3.8) is 0 Å². The van der Waals surface area contributed by atoms with E-state index in [1.807, 2.05) is 0 Å². The SMILES string of the molecule is N#Cc1cccc(Sc2cc(F)cc(F)c2)c1[N+](=O)[O-]. The van der Waals surface area contributed by atoms with Crippen molar-refractivity contribution in [2.75, 3.05) is 0 Å². The highest BCUT2D eigenvalue weighted by Crippen LogP contribution is 2.37. The van der Waals surface area contributed by atoms with E-state index in [0.717, 1.165) is 23.9 Å². The average molecular weight is 292 g/mol. The lowest BCUT2D eigenvalue weighted by molar-refractivity contribution is -0.388. The lowest BCUT2D eigenvalue weighted by Gasteiger charge is -2.04. The summed E-state index contributed by atoms with van der Waals surface area (Å²) < 4.78 is 26.2. The molecule has 7 heteroatoms. The molecule has 0 saturated heterocycles. The predicted molar refractivity (Wildman–Crippen MR) is 68.3 cm³/mol. The molecule has 4 nitrogen and oxygen atoms in total. The molecule has 0 aliphatic carbocycles. The number of nitriles is 1. The van der Waals surface area contributed by atoms with Gasteiger partial charge in [-0.1, -0.05) is 17.8 Å². The van der Waals surface area contributed by atoms with Crippen LogP contribution < -0.4 is 0 Å². The maximum Gasteiger partial charge on any atom is 0.300 e. The van der Waals surface area contributed by atoms with E-state index in [-0.39, 0.29) is 21.0 Å². The highest BCUT2D eigenvalue weighted by Gasteiger charge is 2.20. The first-order valence-electron chi connectivity index (χ1n) is 5.32. The van der Waals surface area contributed by atoms with Gasteiger partial charge < -0.3 is 0 Å². The van der Waals surface area contributed by atoms with E-state index >= 15 is 0 Å². The number of nitro groups is 1. The molecule has 0 heterocycles. The molecule has 2 rings (SSSR count). The number of hydrogen-bond acceptors (Lipinski definition) is 4. The standard InChI is InChI=1S/C13H6F2N2O2S/c14-9-4-10(15)6-11(5-9)20-12-3-1-2-8(7-16)13(12)17(18)19/h1-6H. The Morgan fingerprint density at radius 1 is 1.20 bits per heavy atom. The minimum atomic E-state index is -0.772. The van der Waals surface area contributed by atoms with E-state index in [1.54, 1.807) is 6.07 Å². The third-order valence-corrected chi connectivity index (χ3v) is 3.39. The summed E-state index contributed by atoms with van der Waals surface area (Å²) in [6.45, 7) is 0. The van der Waals surface area contributed by atoms with Crippen LogP contribution in [0.3, 0.4) is 0 Å². The molecule has 2 aromatic rings. The fourth-order valence-corrected chi connectivity index (χ4v) is 2.62. The summed E-state index contributed by atoms with van der Waals surface area (Å²) in [7, 11) is 0. The largest absolute Gasteiger partial charge is 0.300 e. The van der Waals surface area contributed by atoms with Gasteiger partial charge in [0.25, 0.3) is 0 Å². The van der Waals surface area contributed by atoms with Crippen molar-refractivity contribution >= 4 is 17.4 Å². The molecule has 0 aliphatic heterocycles. The summed E-state index contributed by atoms with van der Waals surface area (Å²) in [6.07, 6.45) is 0. The molecule has 0 spiro atoms. The minimum absolute atomic E-state index is 0.100. The Kier molecular flexibility index (Phi) is 3.96. The van der Waals surface area contributed by atoms with Crippen molar-refractivity contribution < 1.29 is 13.7 Å². The van der Waals surface area contributed by atoms with Gasteiger partial charge in [-0.3, -0.25) is 10.1 Å². The highest BCUT2D eigenvalue weighted by molar-refractivity contribution is 7.99. The minimum Gasteiger partial charge on any atom is -0.258 e. The second-order valence-corrected chi connectivity index (χ2v) is 4.84. The van der Waals surface area contributed by atoms with Gasteiger partial charge in [0.15, 0.2) is 0 Å². The van der Waals surface area contributed by atoms with Crippen LogP contribution in [0.15, 0.2) is 46.2 Å². The van der Waals surface area contributed by atoms with Gasteiger partial charge in [-0.15, -0.1) is 0 Å². The van der Waals surface area contributed by atoms with Crippen molar-refractivity contribution in [3.05, 3.63) is 63.7 Å². The molecule has 2 aromatic carbocycles. The van der Waals surface area contributed by atoms with Gasteiger partial charge in [-0.2, -0.15) is 5.26 Å². The molecule has 0 saturated carbocycles. The van der Waals surface area contributed by atoms with Crippen LogP contribution in [0.2, 0.25) is 0 Å². The van der Waals surface area contributed by atoms with Gasteiger partial charge in [0, 0.05) is 11.0 Å². The van der Waals surface area contributed by atoms with Gasteiger partial charge in [0.05, 0.1) is 9.82 Å². The first-order valence-corrected chi connectivity index (χ1v) is 6.14. The monoisotopic (exact) mass is 292 g/mol. The predicted octanol–water partition coefficient (Wildman–Crippen LogP) is 3.90. The number of nitro benzene ring substituents is 1. The topological polar surface area (TPSA) is 66.9 Å². The molecule has 0 aromatic heterocycles. The van der Waals surface area contributed by atoms with E-state index in [4.69, 9.17) is 5.26 Å². The molecule has 100 valence electrons. The van der Waals surface area contributed by atoms with Crippen LogP contribution >= 0.6 is 11.8 Å². The fraction of sp³-hybridized carbons (Fsp3) is 0. The van der Waals surface area contributed by atoms with Crippen molar-refractivity contribution in [3.8, 4) is 6.07 Å². The Morgan fingerprint density at radius 2 is 1.85 bits per heavy atom.